The van der Waals surface area contributed by atoms with Crippen molar-refractivity contribution in [2.24, 2.45) is 11.8 Å². The van der Waals surface area contributed by atoms with Crippen molar-refractivity contribution < 1.29 is 19.4 Å². The van der Waals surface area contributed by atoms with Crippen LogP contribution in [-0.4, -0.2) is 41.1 Å². The molecule has 0 spiro atoms. The zero-order valence-electron chi connectivity index (χ0n) is 14.1. The van der Waals surface area contributed by atoms with Gasteiger partial charge in [0, 0.05) is 0 Å². The molecule has 2 amide bonds. The molecule has 1 heterocycles. The number of hydrogen-bond donors (Lipinski definition) is 1. The minimum absolute atomic E-state index is 0.0259. The smallest absolute Gasteiger partial charge is 0.233 e. The second-order valence-electron chi connectivity index (χ2n) is 6.75. The predicted octanol–water partition coefficient (Wildman–Crippen LogP) is 2.16. The summed E-state index contributed by atoms with van der Waals surface area (Å²) in [6.07, 6.45) is 3.65. The molecule has 3 rings (SSSR count). The molecule has 1 N–H and O–H groups in total. The Labute approximate surface area is 142 Å². The first-order chi connectivity index (χ1) is 11.6. The molecule has 24 heavy (non-hydrogen) atoms. The molecular formula is C19H25NO4. The fourth-order valence-corrected chi connectivity index (χ4v) is 3.72. The van der Waals surface area contributed by atoms with Crippen LogP contribution < -0.4 is 4.74 Å². The third-order valence-corrected chi connectivity index (χ3v) is 5.07. The Morgan fingerprint density at radius 3 is 2.50 bits per heavy atom. The van der Waals surface area contributed by atoms with Crippen molar-refractivity contribution in [3.05, 3.63) is 29.8 Å². The molecule has 5 nitrogen and oxygen atoms in total. The molecule has 0 unspecified atom stereocenters. The van der Waals surface area contributed by atoms with Crippen LogP contribution in [-0.2, 0) is 16.0 Å². The number of likely N-dealkylation sites (tertiary alicyclic amines) is 1. The Morgan fingerprint density at radius 1 is 1.21 bits per heavy atom. The maximum Gasteiger partial charge on any atom is 0.233 e. The number of benzene rings is 1. The summed E-state index contributed by atoms with van der Waals surface area (Å²) < 4.78 is 5.61. The molecule has 0 radical (unpaired) electrons. The standard InChI is InChI=1S/C19H25NO4/c1-2-13-6-5-7-15(10-13)24-12-14(21)11-20-18(22)16-8-3-4-9-17(16)19(20)23/h5-7,10,14,16-17,21H,2-4,8-9,11-12H2,1H3/t14-,16-,17+/m0/s1. The highest BCUT2D eigenvalue weighted by Crippen LogP contribution is 2.37. The number of aryl methyl sites for hydroxylation is 1. The zero-order chi connectivity index (χ0) is 17.1. The van der Waals surface area contributed by atoms with E-state index in [2.05, 4.69) is 6.92 Å². The molecule has 1 aromatic carbocycles. The summed E-state index contributed by atoms with van der Waals surface area (Å²) in [5, 5.41) is 10.2. The van der Waals surface area contributed by atoms with E-state index in [0.717, 1.165) is 37.7 Å². The lowest BCUT2D eigenvalue weighted by atomic mass is 9.81. The SMILES string of the molecule is CCc1cccc(OC[C@@H](O)CN2C(=O)[C@H]3CCCC[C@H]3C2=O)c1. The number of nitrogens with zero attached hydrogens (tertiary/aromatic N) is 1. The highest BCUT2D eigenvalue weighted by atomic mass is 16.5. The lowest BCUT2D eigenvalue weighted by Crippen LogP contribution is -2.40. The summed E-state index contributed by atoms with van der Waals surface area (Å²) in [6, 6.07) is 7.71. The average molecular weight is 331 g/mol. The minimum Gasteiger partial charge on any atom is -0.491 e. The number of carbonyl (C=O) groups excluding carboxylic acids is 2. The van der Waals surface area contributed by atoms with Gasteiger partial charge in [0.2, 0.25) is 11.8 Å². The molecule has 2 aliphatic rings. The number of imide groups is 1. The van der Waals surface area contributed by atoms with Crippen LogP contribution in [0.25, 0.3) is 0 Å². The molecule has 1 aromatic rings. The van der Waals surface area contributed by atoms with Gasteiger partial charge in [0.05, 0.1) is 18.4 Å². The van der Waals surface area contributed by atoms with Crippen LogP contribution in [0, 0.1) is 11.8 Å². The second kappa shape index (κ2) is 7.34. The Balaban J connectivity index is 1.55. The maximum absolute atomic E-state index is 12.4. The minimum atomic E-state index is -0.872. The number of aliphatic hydroxyl groups is 1. The maximum atomic E-state index is 12.4. The topological polar surface area (TPSA) is 66.8 Å². The van der Waals surface area contributed by atoms with E-state index in [4.69, 9.17) is 4.74 Å². The molecule has 1 aliphatic carbocycles. The number of ether oxygens (including phenoxy) is 1. The average Bonchev–Trinajstić information content (AvgIpc) is 2.85. The van der Waals surface area contributed by atoms with Crippen LogP contribution in [0.1, 0.15) is 38.2 Å². The van der Waals surface area contributed by atoms with Gasteiger partial charge in [-0.05, 0) is 37.0 Å². The first kappa shape index (κ1) is 17.0. The molecule has 130 valence electrons. The second-order valence-corrected chi connectivity index (χ2v) is 6.75. The molecule has 5 heteroatoms. The highest BCUT2D eigenvalue weighted by Gasteiger charge is 2.48. The monoisotopic (exact) mass is 331 g/mol. The van der Waals surface area contributed by atoms with Crippen LogP contribution in [0.15, 0.2) is 24.3 Å². The van der Waals surface area contributed by atoms with Crippen molar-refractivity contribution >= 4 is 11.8 Å². The van der Waals surface area contributed by atoms with Gasteiger partial charge >= 0.3 is 0 Å². The van der Waals surface area contributed by atoms with E-state index in [1.54, 1.807) is 0 Å². The molecule has 3 atom stereocenters. The van der Waals surface area contributed by atoms with Gasteiger partial charge in [0.15, 0.2) is 0 Å². The van der Waals surface area contributed by atoms with Gasteiger partial charge in [-0.25, -0.2) is 0 Å². The third-order valence-electron chi connectivity index (χ3n) is 5.07. The van der Waals surface area contributed by atoms with Crippen molar-refractivity contribution in [3.8, 4) is 5.75 Å². The number of rotatable bonds is 6. The molecule has 0 aromatic heterocycles. The quantitative estimate of drug-likeness (QED) is 0.811. The van der Waals surface area contributed by atoms with Gasteiger partial charge in [-0.15, -0.1) is 0 Å². The number of amides is 2. The lowest BCUT2D eigenvalue weighted by Gasteiger charge is -2.19. The van der Waals surface area contributed by atoms with Gasteiger partial charge in [-0.2, -0.15) is 0 Å². The molecule has 1 aliphatic heterocycles. The molecule has 1 saturated carbocycles. The summed E-state index contributed by atoms with van der Waals surface area (Å²) in [6.45, 7) is 2.16. The van der Waals surface area contributed by atoms with Gasteiger partial charge in [-0.1, -0.05) is 31.9 Å². The number of carbonyl (C=O) groups is 2. The van der Waals surface area contributed by atoms with Crippen molar-refractivity contribution in [1.29, 1.82) is 0 Å². The lowest BCUT2D eigenvalue weighted by molar-refractivity contribution is -0.141. The third kappa shape index (κ3) is 3.46. The number of aliphatic hydroxyl groups excluding tert-OH is 1. The summed E-state index contributed by atoms with van der Waals surface area (Å²) in [5.74, 6) is 0.135. The zero-order valence-corrected chi connectivity index (χ0v) is 14.1. The molecule has 2 fully saturated rings. The fourth-order valence-electron chi connectivity index (χ4n) is 3.72. The molecule has 0 bridgehead atoms. The Hall–Kier alpha value is -1.88. The van der Waals surface area contributed by atoms with E-state index in [-0.39, 0.29) is 36.8 Å². The van der Waals surface area contributed by atoms with Gasteiger partial charge in [-0.3, -0.25) is 14.5 Å². The van der Waals surface area contributed by atoms with Crippen LogP contribution in [0.5, 0.6) is 5.75 Å². The van der Waals surface area contributed by atoms with Crippen LogP contribution in [0.4, 0.5) is 0 Å². The van der Waals surface area contributed by atoms with Gasteiger partial charge in [0.1, 0.15) is 18.5 Å². The van der Waals surface area contributed by atoms with E-state index in [0.29, 0.717) is 5.75 Å². The summed E-state index contributed by atoms with van der Waals surface area (Å²) >= 11 is 0. The summed E-state index contributed by atoms with van der Waals surface area (Å²) in [7, 11) is 0. The molecule has 1 saturated heterocycles. The summed E-state index contributed by atoms with van der Waals surface area (Å²) in [5.41, 5.74) is 1.16. The fraction of sp³-hybridized carbons (Fsp3) is 0.579. The van der Waals surface area contributed by atoms with Crippen molar-refractivity contribution in [2.75, 3.05) is 13.2 Å². The van der Waals surface area contributed by atoms with Crippen LogP contribution in [0.2, 0.25) is 0 Å². The van der Waals surface area contributed by atoms with Crippen molar-refractivity contribution in [3.63, 3.8) is 0 Å². The first-order valence-corrected chi connectivity index (χ1v) is 8.85. The van der Waals surface area contributed by atoms with E-state index >= 15 is 0 Å². The number of fused-ring (bicyclic) bond motifs is 1. The predicted molar refractivity (Wildman–Crippen MR) is 89.5 cm³/mol. The number of hydrogen-bond acceptors (Lipinski definition) is 4. The van der Waals surface area contributed by atoms with E-state index in [1.807, 2.05) is 24.3 Å². The summed E-state index contributed by atoms with van der Waals surface area (Å²) in [4.78, 5) is 26.0. The largest absolute Gasteiger partial charge is 0.491 e. The highest BCUT2D eigenvalue weighted by molar-refractivity contribution is 6.05. The van der Waals surface area contributed by atoms with Crippen LogP contribution >= 0.6 is 0 Å². The van der Waals surface area contributed by atoms with Crippen molar-refractivity contribution in [2.45, 2.75) is 45.1 Å². The Bertz CT molecular complexity index is 591. The number of β-amino-alcohol motifs (C(OH)–C–C–N with tert-alkyl or cyclic N) is 1. The van der Waals surface area contributed by atoms with E-state index in [9.17, 15) is 14.7 Å². The first-order valence-electron chi connectivity index (χ1n) is 8.85. The van der Waals surface area contributed by atoms with Gasteiger partial charge < -0.3 is 9.84 Å². The van der Waals surface area contributed by atoms with E-state index < -0.39 is 6.10 Å². The molecular weight excluding hydrogens is 306 g/mol. The van der Waals surface area contributed by atoms with E-state index in [1.165, 1.54) is 4.90 Å². The van der Waals surface area contributed by atoms with Crippen molar-refractivity contribution in [1.82, 2.24) is 4.90 Å². The normalized spacial score (nSPS) is 24.8. The Morgan fingerprint density at radius 2 is 1.88 bits per heavy atom. The van der Waals surface area contributed by atoms with Gasteiger partial charge in [0.25, 0.3) is 0 Å². The Kier molecular flexibility index (Phi) is 5.19. The van der Waals surface area contributed by atoms with Crippen LogP contribution in [0.3, 0.4) is 0 Å².